The normalized spacial score (nSPS) is 17.1. The van der Waals surface area contributed by atoms with Gasteiger partial charge in [0.2, 0.25) is 17.6 Å². The number of sulfonamides is 1. The van der Waals surface area contributed by atoms with Crippen molar-refractivity contribution in [1.29, 1.82) is 0 Å². The van der Waals surface area contributed by atoms with Crippen molar-refractivity contribution >= 4 is 33.0 Å². The number of aromatic nitrogens is 2. The molecule has 0 aliphatic carbocycles. The molecule has 1 aromatic carbocycles. The largest absolute Gasteiger partial charge is 0.495 e. The molecule has 0 bridgehead atoms. The summed E-state index contributed by atoms with van der Waals surface area (Å²) in [5.74, 6) is 0.753. The third-order valence-corrected chi connectivity index (χ3v) is 8.85. The van der Waals surface area contributed by atoms with Gasteiger partial charge in [0.25, 0.3) is 10.0 Å². The standard InChI is InChI=1S/C22H26N4O5S2/c1-4-19-24-21(25-31-19)16-11-20(32-13-16)33(28,29)26-9-5-6-15(12-26)22(27)23-17-10-14(2)7-8-18(17)30-3/h7-8,10-11,13,15H,4-6,9,12H2,1-3H3,(H,23,27)/t15-/m1/s1. The maximum absolute atomic E-state index is 13.3. The van der Waals surface area contributed by atoms with Gasteiger partial charge < -0.3 is 14.6 Å². The molecule has 0 unspecified atom stereocenters. The third-order valence-electron chi connectivity index (χ3n) is 5.57. The van der Waals surface area contributed by atoms with Crippen LogP contribution in [0, 0.1) is 12.8 Å². The molecule has 4 rings (SSSR count). The van der Waals surface area contributed by atoms with Gasteiger partial charge >= 0.3 is 0 Å². The van der Waals surface area contributed by atoms with Crippen LogP contribution in [0.1, 0.15) is 31.2 Å². The lowest BCUT2D eigenvalue weighted by molar-refractivity contribution is -0.120. The zero-order valence-electron chi connectivity index (χ0n) is 18.7. The first-order chi connectivity index (χ1) is 15.8. The van der Waals surface area contributed by atoms with Crippen LogP contribution in [0.4, 0.5) is 5.69 Å². The van der Waals surface area contributed by atoms with Crippen LogP contribution in [0.15, 0.2) is 38.4 Å². The molecule has 1 saturated heterocycles. The van der Waals surface area contributed by atoms with Gasteiger partial charge in [-0.2, -0.15) is 9.29 Å². The highest BCUT2D eigenvalue weighted by atomic mass is 32.2. The predicted molar refractivity (Wildman–Crippen MR) is 125 cm³/mol. The van der Waals surface area contributed by atoms with Gasteiger partial charge in [0.05, 0.1) is 18.7 Å². The van der Waals surface area contributed by atoms with Gasteiger partial charge in [0, 0.05) is 30.5 Å². The number of amides is 1. The Hall–Kier alpha value is -2.76. The number of thiophene rings is 1. The smallest absolute Gasteiger partial charge is 0.252 e. The minimum Gasteiger partial charge on any atom is -0.495 e. The molecule has 1 amide bonds. The molecule has 1 atom stereocenters. The van der Waals surface area contributed by atoms with Crippen molar-refractivity contribution in [2.24, 2.45) is 5.92 Å². The number of ether oxygens (including phenoxy) is 1. The van der Waals surface area contributed by atoms with Crippen molar-refractivity contribution < 1.29 is 22.5 Å². The molecule has 3 heterocycles. The molecule has 176 valence electrons. The van der Waals surface area contributed by atoms with Gasteiger partial charge in [0.15, 0.2) is 0 Å². The Morgan fingerprint density at radius 2 is 2.18 bits per heavy atom. The summed E-state index contributed by atoms with van der Waals surface area (Å²) in [6, 6.07) is 7.09. The fourth-order valence-corrected chi connectivity index (χ4v) is 6.58. The quantitative estimate of drug-likeness (QED) is 0.537. The summed E-state index contributed by atoms with van der Waals surface area (Å²) in [5, 5.41) is 8.52. The Morgan fingerprint density at radius 1 is 1.36 bits per heavy atom. The van der Waals surface area contributed by atoms with Gasteiger partial charge in [-0.15, -0.1) is 11.3 Å². The van der Waals surface area contributed by atoms with E-state index in [0.29, 0.717) is 54.5 Å². The van der Waals surface area contributed by atoms with E-state index >= 15 is 0 Å². The fraction of sp³-hybridized carbons (Fsp3) is 0.409. The molecule has 0 saturated carbocycles. The van der Waals surface area contributed by atoms with Crippen molar-refractivity contribution in [1.82, 2.24) is 14.4 Å². The maximum Gasteiger partial charge on any atom is 0.252 e. The summed E-state index contributed by atoms with van der Waals surface area (Å²) in [6.07, 6.45) is 1.82. The second-order valence-corrected chi connectivity index (χ2v) is 11.0. The lowest BCUT2D eigenvalue weighted by Crippen LogP contribution is -2.43. The number of rotatable bonds is 7. The van der Waals surface area contributed by atoms with Gasteiger partial charge in [0.1, 0.15) is 9.96 Å². The van der Waals surface area contributed by atoms with Crippen LogP contribution in [-0.2, 0) is 21.2 Å². The highest BCUT2D eigenvalue weighted by Gasteiger charge is 2.34. The Kier molecular flexibility index (Phi) is 6.82. The van der Waals surface area contributed by atoms with Crippen LogP contribution in [0.5, 0.6) is 5.75 Å². The number of carbonyl (C=O) groups excluding carboxylic acids is 1. The van der Waals surface area contributed by atoms with Gasteiger partial charge in [-0.05, 0) is 43.5 Å². The van der Waals surface area contributed by atoms with Crippen LogP contribution in [-0.4, -0.2) is 49.0 Å². The van der Waals surface area contributed by atoms with Crippen LogP contribution >= 0.6 is 11.3 Å². The zero-order chi connectivity index (χ0) is 23.6. The van der Waals surface area contributed by atoms with Gasteiger partial charge in [-0.3, -0.25) is 4.79 Å². The molecule has 1 N–H and O–H groups in total. The third kappa shape index (κ3) is 4.94. The van der Waals surface area contributed by atoms with Crippen molar-refractivity contribution in [3.05, 3.63) is 41.1 Å². The number of carbonyl (C=O) groups is 1. The predicted octanol–water partition coefficient (Wildman–Crippen LogP) is 3.72. The Balaban J connectivity index is 1.48. The summed E-state index contributed by atoms with van der Waals surface area (Å²) in [6.45, 7) is 4.32. The summed E-state index contributed by atoms with van der Waals surface area (Å²) in [7, 11) is -2.20. The molecular formula is C22H26N4O5S2. The highest BCUT2D eigenvalue weighted by molar-refractivity contribution is 7.91. The van der Waals surface area contributed by atoms with E-state index in [0.717, 1.165) is 16.9 Å². The molecule has 1 aliphatic rings. The lowest BCUT2D eigenvalue weighted by atomic mass is 9.98. The summed E-state index contributed by atoms with van der Waals surface area (Å²) in [4.78, 5) is 17.2. The number of piperidine rings is 1. The molecule has 1 aliphatic heterocycles. The molecule has 0 spiro atoms. The van der Waals surface area contributed by atoms with E-state index in [9.17, 15) is 13.2 Å². The molecule has 2 aromatic heterocycles. The van der Waals surface area contributed by atoms with Crippen molar-refractivity contribution in [2.45, 2.75) is 37.3 Å². The van der Waals surface area contributed by atoms with Crippen LogP contribution < -0.4 is 10.1 Å². The van der Waals surface area contributed by atoms with Gasteiger partial charge in [-0.1, -0.05) is 18.1 Å². The van der Waals surface area contributed by atoms with E-state index in [2.05, 4.69) is 15.5 Å². The number of anilines is 1. The number of hydrogen-bond donors (Lipinski definition) is 1. The number of benzene rings is 1. The van der Waals surface area contributed by atoms with Crippen LogP contribution in [0.3, 0.4) is 0 Å². The topological polar surface area (TPSA) is 115 Å². The van der Waals surface area contributed by atoms with E-state index in [1.165, 1.54) is 4.31 Å². The molecule has 9 nitrogen and oxygen atoms in total. The molecule has 1 fully saturated rings. The molecule has 33 heavy (non-hydrogen) atoms. The van der Waals surface area contributed by atoms with E-state index in [1.807, 2.05) is 26.0 Å². The number of aryl methyl sites for hydroxylation is 2. The first-order valence-corrected chi connectivity index (χ1v) is 13.0. The number of nitrogens with zero attached hydrogens (tertiary/aromatic N) is 3. The summed E-state index contributed by atoms with van der Waals surface area (Å²) >= 11 is 1.11. The monoisotopic (exact) mass is 490 g/mol. The molecular weight excluding hydrogens is 464 g/mol. The van der Waals surface area contributed by atoms with Gasteiger partial charge in [-0.25, -0.2) is 8.42 Å². The minimum absolute atomic E-state index is 0.123. The minimum atomic E-state index is -3.75. The van der Waals surface area contributed by atoms with E-state index in [4.69, 9.17) is 9.26 Å². The van der Waals surface area contributed by atoms with Crippen molar-refractivity contribution in [3.63, 3.8) is 0 Å². The SMILES string of the molecule is CCc1nc(-c2csc(S(=O)(=O)N3CCC[C@@H](C(=O)Nc4cc(C)ccc4OC)C3)c2)no1. The zero-order valence-corrected chi connectivity index (χ0v) is 20.3. The second-order valence-electron chi connectivity index (χ2n) is 7.91. The Morgan fingerprint density at radius 3 is 2.91 bits per heavy atom. The number of methoxy groups -OCH3 is 1. The van der Waals surface area contributed by atoms with Crippen molar-refractivity contribution in [3.8, 4) is 17.1 Å². The van der Waals surface area contributed by atoms with Crippen LogP contribution in [0.2, 0.25) is 0 Å². The summed E-state index contributed by atoms with van der Waals surface area (Å²) in [5.41, 5.74) is 2.16. The Labute approximate surface area is 196 Å². The van der Waals surface area contributed by atoms with E-state index in [1.54, 1.807) is 24.6 Å². The first-order valence-electron chi connectivity index (χ1n) is 10.7. The highest BCUT2D eigenvalue weighted by Crippen LogP contribution is 2.32. The molecule has 11 heteroatoms. The number of nitrogens with one attached hydrogen (secondary N) is 1. The average molecular weight is 491 g/mol. The van der Waals surface area contributed by atoms with Crippen molar-refractivity contribution in [2.75, 3.05) is 25.5 Å². The lowest BCUT2D eigenvalue weighted by Gasteiger charge is -2.31. The average Bonchev–Trinajstić information content (AvgIpc) is 3.49. The summed E-state index contributed by atoms with van der Waals surface area (Å²) < 4.78 is 38.6. The second kappa shape index (κ2) is 9.62. The number of hydrogen-bond acceptors (Lipinski definition) is 8. The fourth-order valence-electron chi connectivity index (χ4n) is 3.74. The van der Waals surface area contributed by atoms with Crippen LogP contribution in [0.25, 0.3) is 11.4 Å². The molecule has 0 radical (unpaired) electrons. The van der Waals surface area contributed by atoms with E-state index in [-0.39, 0.29) is 16.7 Å². The van der Waals surface area contributed by atoms with E-state index < -0.39 is 15.9 Å². The Bertz CT molecular complexity index is 1250. The molecule has 3 aromatic rings. The maximum atomic E-state index is 13.3. The first kappa shape index (κ1) is 23.4.